The van der Waals surface area contributed by atoms with E-state index in [-0.39, 0.29) is 0 Å². The van der Waals surface area contributed by atoms with E-state index in [4.69, 9.17) is 0 Å². The van der Waals surface area contributed by atoms with Crippen molar-refractivity contribution in [3.63, 3.8) is 0 Å². The summed E-state index contributed by atoms with van der Waals surface area (Å²) in [4.78, 5) is 0. The molecule has 0 aliphatic rings. The van der Waals surface area contributed by atoms with Crippen LogP contribution in [0, 0.1) is 0 Å². The molecule has 0 unspecified atom stereocenters. The molecule has 1 heteroatoms. The molecule has 0 aromatic heterocycles. The molecule has 0 atom stereocenters. The quantitative estimate of drug-likeness (QED) is 0.620. The van der Waals surface area contributed by atoms with E-state index in [0.29, 0.717) is 11.6 Å². The summed E-state index contributed by atoms with van der Waals surface area (Å²) < 4.78 is 0. The standard InChI is InChI=1S/C13H29N/c1-6-9-13(10-7-2,11-8-3)14-12(4)5/h12,14H,6-11H2,1-5H3. The SMILES string of the molecule is CCCC(CCC)(CCC)NC(C)C. The lowest BCUT2D eigenvalue weighted by Crippen LogP contribution is -2.48. The lowest BCUT2D eigenvalue weighted by atomic mass is 9.84. The van der Waals surface area contributed by atoms with Crippen molar-refractivity contribution in [2.75, 3.05) is 0 Å². The van der Waals surface area contributed by atoms with Crippen LogP contribution in [0.4, 0.5) is 0 Å². The fraction of sp³-hybridized carbons (Fsp3) is 1.00. The summed E-state index contributed by atoms with van der Waals surface area (Å²) in [6.45, 7) is 11.4. The smallest absolute Gasteiger partial charge is 0.0183 e. The van der Waals surface area contributed by atoms with E-state index in [2.05, 4.69) is 39.9 Å². The maximum absolute atomic E-state index is 3.80. The molecule has 86 valence electrons. The highest BCUT2D eigenvalue weighted by Gasteiger charge is 2.27. The Balaban J connectivity index is 4.37. The fourth-order valence-electron chi connectivity index (χ4n) is 2.64. The van der Waals surface area contributed by atoms with Gasteiger partial charge in [-0.25, -0.2) is 0 Å². The molecule has 0 bridgehead atoms. The molecule has 0 radical (unpaired) electrons. The molecule has 0 saturated heterocycles. The topological polar surface area (TPSA) is 12.0 Å². The minimum absolute atomic E-state index is 0.423. The van der Waals surface area contributed by atoms with Crippen molar-refractivity contribution < 1.29 is 0 Å². The van der Waals surface area contributed by atoms with E-state index in [0.717, 1.165) is 0 Å². The van der Waals surface area contributed by atoms with Crippen LogP contribution in [0.2, 0.25) is 0 Å². The zero-order chi connectivity index (χ0) is 11.0. The van der Waals surface area contributed by atoms with Crippen LogP contribution in [0.5, 0.6) is 0 Å². The molecular formula is C13H29N. The first kappa shape index (κ1) is 14.0. The molecule has 0 fully saturated rings. The largest absolute Gasteiger partial charge is 0.309 e. The van der Waals surface area contributed by atoms with E-state index in [1.54, 1.807) is 0 Å². The van der Waals surface area contributed by atoms with E-state index in [1.807, 2.05) is 0 Å². The van der Waals surface area contributed by atoms with E-state index in [9.17, 15) is 0 Å². The van der Waals surface area contributed by atoms with Gasteiger partial charge < -0.3 is 5.32 Å². The van der Waals surface area contributed by atoms with E-state index < -0.39 is 0 Å². The number of hydrogen-bond acceptors (Lipinski definition) is 1. The number of nitrogens with one attached hydrogen (secondary N) is 1. The van der Waals surface area contributed by atoms with Crippen molar-refractivity contribution in [3.8, 4) is 0 Å². The van der Waals surface area contributed by atoms with Crippen LogP contribution in [0.15, 0.2) is 0 Å². The molecule has 0 aromatic rings. The summed E-state index contributed by atoms with van der Waals surface area (Å²) >= 11 is 0. The summed E-state index contributed by atoms with van der Waals surface area (Å²) in [5.41, 5.74) is 0.423. The monoisotopic (exact) mass is 199 g/mol. The van der Waals surface area contributed by atoms with E-state index in [1.165, 1.54) is 38.5 Å². The Labute approximate surface area is 90.7 Å². The van der Waals surface area contributed by atoms with Crippen LogP contribution in [0.25, 0.3) is 0 Å². The van der Waals surface area contributed by atoms with Gasteiger partial charge in [0.15, 0.2) is 0 Å². The Morgan fingerprint density at radius 3 is 1.43 bits per heavy atom. The van der Waals surface area contributed by atoms with Crippen LogP contribution in [0.3, 0.4) is 0 Å². The van der Waals surface area contributed by atoms with Gasteiger partial charge >= 0.3 is 0 Å². The number of hydrogen-bond donors (Lipinski definition) is 1. The van der Waals surface area contributed by atoms with Gasteiger partial charge in [0.1, 0.15) is 0 Å². The highest BCUT2D eigenvalue weighted by atomic mass is 15.0. The fourth-order valence-corrected chi connectivity index (χ4v) is 2.64. The maximum atomic E-state index is 3.80. The first-order valence-corrected chi connectivity index (χ1v) is 6.38. The van der Waals surface area contributed by atoms with Gasteiger partial charge in [-0.15, -0.1) is 0 Å². The van der Waals surface area contributed by atoms with Crippen LogP contribution in [-0.4, -0.2) is 11.6 Å². The first-order valence-electron chi connectivity index (χ1n) is 6.38. The van der Waals surface area contributed by atoms with E-state index >= 15 is 0 Å². The van der Waals surface area contributed by atoms with Gasteiger partial charge in [0.25, 0.3) is 0 Å². The van der Waals surface area contributed by atoms with Crippen LogP contribution < -0.4 is 5.32 Å². The molecule has 0 amide bonds. The van der Waals surface area contributed by atoms with Crippen molar-refractivity contribution in [1.82, 2.24) is 5.32 Å². The normalized spacial score (nSPS) is 12.4. The van der Waals surface area contributed by atoms with Gasteiger partial charge in [0.2, 0.25) is 0 Å². The molecule has 0 heterocycles. The second-order valence-corrected chi connectivity index (χ2v) is 4.83. The van der Waals surface area contributed by atoms with Gasteiger partial charge in [0.05, 0.1) is 0 Å². The van der Waals surface area contributed by atoms with Crippen molar-refractivity contribution >= 4 is 0 Å². The van der Waals surface area contributed by atoms with Crippen molar-refractivity contribution in [1.29, 1.82) is 0 Å². The van der Waals surface area contributed by atoms with Gasteiger partial charge in [0, 0.05) is 11.6 Å². The number of rotatable bonds is 8. The minimum atomic E-state index is 0.423. The van der Waals surface area contributed by atoms with Crippen molar-refractivity contribution in [2.45, 2.75) is 84.7 Å². The summed E-state index contributed by atoms with van der Waals surface area (Å²) in [7, 11) is 0. The third kappa shape index (κ3) is 4.99. The third-order valence-electron chi connectivity index (χ3n) is 2.78. The lowest BCUT2D eigenvalue weighted by Gasteiger charge is -2.37. The Kier molecular flexibility index (Phi) is 7.26. The average Bonchev–Trinajstić information content (AvgIpc) is 2.03. The molecular weight excluding hydrogens is 170 g/mol. The van der Waals surface area contributed by atoms with Gasteiger partial charge in [-0.1, -0.05) is 53.9 Å². The Morgan fingerprint density at radius 1 is 0.857 bits per heavy atom. The second-order valence-electron chi connectivity index (χ2n) is 4.83. The Bertz CT molecular complexity index is 112. The van der Waals surface area contributed by atoms with Gasteiger partial charge in [-0.3, -0.25) is 0 Å². The zero-order valence-corrected chi connectivity index (χ0v) is 10.8. The van der Waals surface area contributed by atoms with Gasteiger partial charge in [-0.2, -0.15) is 0 Å². The average molecular weight is 199 g/mol. The molecule has 1 N–H and O–H groups in total. The second kappa shape index (κ2) is 7.28. The molecule has 0 rings (SSSR count). The van der Waals surface area contributed by atoms with Crippen LogP contribution >= 0.6 is 0 Å². The summed E-state index contributed by atoms with van der Waals surface area (Å²) in [6, 6.07) is 0.611. The Hall–Kier alpha value is -0.0400. The third-order valence-corrected chi connectivity index (χ3v) is 2.78. The first-order chi connectivity index (χ1) is 6.60. The van der Waals surface area contributed by atoms with Gasteiger partial charge in [-0.05, 0) is 19.3 Å². The summed E-state index contributed by atoms with van der Waals surface area (Å²) in [5.74, 6) is 0. The van der Waals surface area contributed by atoms with Crippen LogP contribution in [-0.2, 0) is 0 Å². The molecule has 0 aliphatic heterocycles. The molecule has 0 spiro atoms. The predicted molar refractivity (Wildman–Crippen MR) is 65.7 cm³/mol. The Morgan fingerprint density at radius 2 is 1.21 bits per heavy atom. The zero-order valence-electron chi connectivity index (χ0n) is 10.8. The molecule has 0 aromatic carbocycles. The molecule has 14 heavy (non-hydrogen) atoms. The van der Waals surface area contributed by atoms with Crippen LogP contribution in [0.1, 0.15) is 73.1 Å². The van der Waals surface area contributed by atoms with Crippen molar-refractivity contribution in [2.24, 2.45) is 0 Å². The maximum Gasteiger partial charge on any atom is 0.0183 e. The predicted octanol–water partition coefficient (Wildman–Crippen LogP) is 4.12. The van der Waals surface area contributed by atoms with Crippen molar-refractivity contribution in [3.05, 3.63) is 0 Å². The molecule has 1 nitrogen and oxygen atoms in total. The summed E-state index contributed by atoms with van der Waals surface area (Å²) in [6.07, 6.45) is 7.85. The highest BCUT2D eigenvalue weighted by Crippen LogP contribution is 2.25. The molecule has 0 saturated carbocycles. The highest BCUT2D eigenvalue weighted by molar-refractivity contribution is 4.88. The molecule has 0 aliphatic carbocycles. The summed E-state index contributed by atoms with van der Waals surface area (Å²) in [5, 5.41) is 3.80. The lowest BCUT2D eigenvalue weighted by molar-refractivity contribution is 0.235. The minimum Gasteiger partial charge on any atom is -0.309 e.